The van der Waals surface area contributed by atoms with Gasteiger partial charge in [-0.1, -0.05) is 48.0 Å². The highest BCUT2D eigenvalue weighted by Gasteiger charge is 2.23. The Hall–Kier alpha value is -2.17. The number of nitrogens with two attached hydrogens (primary N) is 1. The Morgan fingerprint density at radius 3 is 2.50 bits per heavy atom. The number of aryl methyl sites for hydroxylation is 1. The number of amides is 1. The van der Waals surface area contributed by atoms with Crippen LogP contribution in [-0.4, -0.2) is 25.7 Å². The van der Waals surface area contributed by atoms with E-state index in [9.17, 15) is 4.79 Å². The summed E-state index contributed by atoms with van der Waals surface area (Å²) in [5.41, 5.74) is 3.02. The lowest BCUT2D eigenvalue weighted by Crippen LogP contribution is -2.87. The third kappa shape index (κ3) is 5.80. The summed E-state index contributed by atoms with van der Waals surface area (Å²) in [6, 6.07) is 17.5. The number of carbonyl (C=O) groups excluding carboxylic acids is 1. The van der Waals surface area contributed by atoms with Crippen LogP contribution in [0.5, 0.6) is 0 Å². The lowest BCUT2D eigenvalue weighted by Gasteiger charge is -2.16. The maximum Gasteiger partial charge on any atom is 0.287 e. The van der Waals surface area contributed by atoms with Crippen LogP contribution in [0.15, 0.2) is 54.6 Å². The minimum Gasteiger partial charge on any atom is -0.382 e. The van der Waals surface area contributed by atoms with Gasteiger partial charge in [-0.05, 0) is 26.0 Å². The highest BCUT2D eigenvalue weighted by molar-refractivity contribution is 5.94. The summed E-state index contributed by atoms with van der Waals surface area (Å²) < 4.78 is 5.37. The van der Waals surface area contributed by atoms with Crippen LogP contribution in [0.1, 0.15) is 30.5 Å². The maximum absolute atomic E-state index is 12.7. The van der Waals surface area contributed by atoms with Gasteiger partial charge < -0.3 is 15.4 Å². The number of carbonyl (C=O) groups is 1. The molecule has 0 aliphatic carbocycles. The van der Waals surface area contributed by atoms with Crippen LogP contribution in [0, 0.1) is 6.92 Å². The fraction of sp³-hybridized carbons (Fsp3) is 0.350. The Balaban J connectivity index is 2.01. The molecule has 0 bridgehead atoms. The summed E-state index contributed by atoms with van der Waals surface area (Å²) >= 11 is 0. The zero-order valence-corrected chi connectivity index (χ0v) is 14.5. The van der Waals surface area contributed by atoms with E-state index in [1.54, 1.807) is 0 Å². The van der Waals surface area contributed by atoms with Crippen LogP contribution < -0.4 is 10.6 Å². The summed E-state index contributed by atoms with van der Waals surface area (Å²) in [5, 5.41) is 5.10. The fourth-order valence-corrected chi connectivity index (χ4v) is 2.53. The van der Waals surface area contributed by atoms with E-state index in [1.807, 2.05) is 68.4 Å². The average Bonchev–Trinajstić information content (AvgIpc) is 2.61. The zero-order chi connectivity index (χ0) is 17.2. The lowest BCUT2D eigenvalue weighted by molar-refractivity contribution is -0.682. The molecule has 0 radical (unpaired) electrons. The van der Waals surface area contributed by atoms with Gasteiger partial charge in [0.15, 0.2) is 6.04 Å². The Bertz CT molecular complexity index is 611. The number of rotatable bonds is 9. The largest absolute Gasteiger partial charge is 0.382 e. The van der Waals surface area contributed by atoms with Crippen molar-refractivity contribution < 1.29 is 14.8 Å². The van der Waals surface area contributed by atoms with Crippen LogP contribution in [0.25, 0.3) is 0 Å². The number of nitrogens with one attached hydrogen (secondary N) is 1. The van der Waals surface area contributed by atoms with E-state index in [1.165, 1.54) is 5.56 Å². The standard InChI is InChI=1S/C20H26N2O2/c1-3-24-15-7-14-21-19(17-8-5-4-6-9-17)20(23)22-18-12-10-16(2)11-13-18/h4-6,8-13,19,21H,3,7,14-15H2,1-2H3,(H,22,23)/p+1/t19-/m0/s1. The highest BCUT2D eigenvalue weighted by Crippen LogP contribution is 2.13. The molecule has 0 saturated heterocycles. The van der Waals surface area contributed by atoms with Gasteiger partial charge in [-0.3, -0.25) is 4.79 Å². The van der Waals surface area contributed by atoms with Crippen molar-refractivity contribution >= 4 is 11.6 Å². The molecule has 4 heteroatoms. The van der Waals surface area contributed by atoms with Crippen LogP contribution in [-0.2, 0) is 9.53 Å². The molecule has 4 nitrogen and oxygen atoms in total. The van der Waals surface area contributed by atoms with Crippen LogP contribution in [0.4, 0.5) is 5.69 Å². The SMILES string of the molecule is CCOCCC[NH2+][C@H](C(=O)Nc1ccc(C)cc1)c1ccccc1. The predicted octanol–water partition coefficient (Wildman–Crippen LogP) is 2.66. The molecule has 2 aromatic rings. The molecule has 0 aromatic heterocycles. The van der Waals surface area contributed by atoms with E-state index in [0.717, 1.165) is 37.4 Å². The van der Waals surface area contributed by atoms with Gasteiger partial charge in [-0.15, -0.1) is 0 Å². The lowest BCUT2D eigenvalue weighted by atomic mass is 10.1. The number of benzene rings is 2. The van der Waals surface area contributed by atoms with E-state index < -0.39 is 0 Å². The van der Waals surface area contributed by atoms with E-state index in [-0.39, 0.29) is 11.9 Å². The Labute approximate surface area is 144 Å². The summed E-state index contributed by atoms with van der Waals surface area (Å²) in [5.74, 6) is 0.00135. The minimum atomic E-state index is -0.255. The molecule has 24 heavy (non-hydrogen) atoms. The van der Waals surface area contributed by atoms with Gasteiger partial charge >= 0.3 is 0 Å². The van der Waals surface area contributed by atoms with E-state index in [4.69, 9.17) is 4.74 Å². The van der Waals surface area contributed by atoms with Crippen molar-refractivity contribution in [3.05, 3.63) is 65.7 Å². The fourth-order valence-electron chi connectivity index (χ4n) is 2.53. The smallest absolute Gasteiger partial charge is 0.287 e. The first kappa shape index (κ1) is 18.2. The third-order valence-corrected chi connectivity index (χ3v) is 3.86. The molecule has 1 amide bonds. The van der Waals surface area contributed by atoms with Crippen LogP contribution >= 0.6 is 0 Å². The number of hydrogen-bond donors (Lipinski definition) is 2. The van der Waals surface area contributed by atoms with Crippen molar-refractivity contribution in [2.45, 2.75) is 26.3 Å². The number of anilines is 1. The zero-order valence-electron chi connectivity index (χ0n) is 14.5. The summed E-state index contributed by atoms with van der Waals surface area (Å²) in [6.45, 7) is 6.33. The first-order valence-corrected chi connectivity index (χ1v) is 8.54. The molecule has 1 atom stereocenters. The molecule has 0 saturated carbocycles. The van der Waals surface area contributed by atoms with E-state index >= 15 is 0 Å². The molecule has 0 spiro atoms. The van der Waals surface area contributed by atoms with Crippen molar-refractivity contribution in [3.63, 3.8) is 0 Å². The molecular formula is C20H27N2O2+. The quantitative estimate of drug-likeness (QED) is 0.696. The van der Waals surface area contributed by atoms with Gasteiger partial charge in [-0.2, -0.15) is 0 Å². The molecule has 3 N–H and O–H groups in total. The summed E-state index contributed by atoms with van der Waals surface area (Å²) in [6.07, 6.45) is 0.926. The van der Waals surface area contributed by atoms with Gasteiger partial charge in [-0.25, -0.2) is 0 Å². The van der Waals surface area contributed by atoms with Crippen LogP contribution in [0.3, 0.4) is 0 Å². The molecular weight excluding hydrogens is 300 g/mol. The summed E-state index contributed by atoms with van der Waals surface area (Å²) in [4.78, 5) is 12.7. The van der Waals surface area contributed by atoms with Gasteiger partial charge in [0.05, 0.1) is 13.2 Å². The number of hydrogen-bond acceptors (Lipinski definition) is 2. The van der Waals surface area contributed by atoms with Gasteiger partial charge in [0, 0.05) is 24.3 Å². The first-order valence-electron chi connectivity index (χ1n) is 8.54. The molecule has 2 rings (SSSR count). The Morgan fingerprint density at radius 2 is 1.83 bits per heavy atom. The molecule has 0 heterocycles. The van der Waals surface area contributed by atoms with Crippen molar-refractivity contribution in [2.24, 2.45) is 0 Å². The minimum absolute atomic E-state index is 0.00135. The van der Waals surface area contributed by atoms with Gasteiger partial charge in [0.25, 0.3) is 5.91 Å². The predicted molar refractivity (Wildman–Crippen MR) is 96.9 cm³/mol. The van der Waals surface area contributed by atoms with Gasteiger partial charge in [0.2, 0.25) is 0 Å². The van der Waals surface area contributed by atoms with E-state index in [0.29, 0.717) is 0 Å². The van der Waals surface area contributed by atoms with Gasteiger partial charge in [0.1, 0.15) is 0 Å². The van der Waals surface area contributed by atoms with Crippen LogP contribution in [0.2, 0.25) is 0 Å². The van der Waals surface area contributed by atoms with Crippen molar-refractivity contribution in [1.29, 1.82) is 0 Å². The Morgan fingerprint density at radius 1 is 1.12 bits per heavy atom. The molecule has 0 fully saturated rings. The van der Waals surface area contributed by atoms with Crippen molar-refractivity contribution in [2.75, 3.05) is 25.1 Å². The van der Waals surface area contributed by atoms with Crippen molar-refractivity contribution in [1.82, 2.24) is 0 Å². The second kappa shape index (κ2) is 9.85. The number of quaternary nitrogens is 1. The Kier molecular flexibility index (Phi) is 7.46. The number of ether oxygens (including phenoxy) is 1. The second-order valence-corrected chi connectivity index (χ2v) is 5.82. The molecule has 128 valence electrons. The maximum atomic E-state index is 12.7. The topological polar surface area (TPSA) is 54.9 Å². The average molecular weight is 327 g/mol. The second-order valence-electron chi connectivity index (χ2n) is 5.82. The van der Waals surface area contributed by atoms with Crippen molar-refractivity contribution in [3.8, 4) is 0 Å². The van der Waals surface area contributed by atoms with E-state index in [2.05, 4.69) is 10.6 Å². The highest BCUT2D eigenvalue weighted by atomic mass is 16.5. The molecule has 0 unspecified atom stereocenters. The first-order chi connectivity index (χ1) is 11.7. The summed E-state index contributed by atoms with van der Waals surface area (Å²) in [7, 11) is 0. The normalized spacial score (nSPS) is 11.9. The third-order valence-electron chi connectivity index (χ3n) is 3.86. The molecule has 0 aliphatic rings. The molecule has 0 aliphatic heterocycles. The molecule has 2 aromatic carbocycles. The monoisotopic (exact) mass is 327 g/mol.